The Morgan fingerprint density at radius 1 is 1.00 bits per heavy atom. The van der Waals surface area contributed by atoms with E-state index in [2.05, 4.69) is 47.4 Å². The number of carbonyl (C=O) groups is 1. The Labute approximate surface area is 227 Å². The Morgan fingerprint density at radius 2 is 1.85 bits per heavy atom. The summed E-state index contributed by atoms with van der Waals surface area (Å²) in [6.07, 6.45) is 12.0. The van der Waals surface area contributed by atoms with E-state index in [1.807, 2.05) is 43.3 Å². The number of aromatic nitrogens is 5. The Hall–Kier alpha value is -4.48. The molecule has 1 saturated heterocycles. The lowest BCUT2D eigenvalue weighted by molar-refractivity contribution is -0.111. The van der Waals surface area contributed by atoms with Crippen molar-refractivity contribution < 1.29 is 4.79 Å². The van der Waals surface area contributed by atoms with Crippen LogP contribution in [-0.2, 0) is 4.79 Å². The van der Waals surface area contributed by atoms with Crippen LogP contribution < -0.4 is 15.5 Å². The van der Waals surface area contributed by atoms with Crippen LogP contribution in [0.2, 0.25) is 0 Å². The highest BCUT2D eigenvalue weighted by molar-refractivity contribution is 6.00. The second-order valence-electron chi connectivity index (χ2n) is 9.72. The molecule has 0 radical (unpaired) electrons. The number of hydrogen-bond acceptors (Lipinski definition) is 10. The molecule has 0 saturated carbocycles. The molecule has 11 nitrogen and oxygen atoms in total. The number of nitrogens with zero attached hydrogens (tertiary/aromatic N) is 8. The van der Waals surface area contributed by atoms with Crippen LogP contribution in [0, 0.1) is 0 Å². The van der Waals surface area contributed by atoms with E-state index in [1.54, 1.807) is 37.1 Å². The molecule has 200 valence electrons. The molecular weight excluding hydrogens is 492 g/mol. The zero-order valence-electron chi connectivity index (χ0n) is 22.4. The number of anilines is 4. The molecule has 2 N–H and O–H groups in total. The minimum atomic E-state index is -0.203. The molecule has 11 heteroatoms. The second-order valence-corrected chi connectivity index (χ2v) is 9.72. The maximum absolute atomic E-state index is 12.3. The Bertz CT molecular complexity index is 1460. The fourth-order valence-corrected chi connectivity index (χ4v) is 4.22. The van der Waals surface area contributed by atoms with Gasteiger partial charge in [0.2, 0.25) is 11.9 Å². The molecule has 4 aromatic rings. The summed E-state index contributed by atoms with van der Waals surface area (Å²) in [4.78, 5) is 41.6. The molecule has 0 unspecified atom stereocenters. The van der Waals surface area contributed by atoms with Gasteiger partial charge in [-0.3, -0.25) is 14.8 Å². The first-order valence-electron chi connectivity index (χ1n) is 12.8. The van der Waals surface area contributed by atoms with Gasteiger partial charge in [-0.1, -0.05) is 6.08 Å². The lowest BCUT2D eigenvalue weighted by atomic mass is 10.1. The third-order valence-corrected chi connectivity index (χ3v) is 6.36. The normalized spacial score (nSPS) is 14.3. The predicted molar refractivity (Wildman–Crippen MR) is 154 cm³/mol. The summed E-state index contributed by atoms with van der Waals surface area (Å²) in [5.74, 6) is 1.21. The van der Waals surface area contributed by atoms with Crippen molar-refractivity contribution in [1.82, 2.24) is 34.7 Å². The monoisotopic (exact) mass is 524 g/mol. The summed E-state index contributed by atoms with van der Waals surface area (Å²) in [5.41, 5.74) is 3.52. The van der Waals surface area contributed by atoms with Crippen molar-refractivity contribution in [2.24, 2.45) is 0 Å². The Morgan fingerprint density at radius 3 is 2.62 bits per heavy atom. The zero-order valence-corrected chi connectivity index (χ0v) is 22.4. The fourth-order valence-electron chi connectivity index (χ4n) is 4.22. The molecule has 39 heavy (non-hydrogen) atoms. The summed E-state index contributed by atoms with van der Waals surface area (Å²) < 4.78 is 0. The first kappa shape index (κ1) is 26.1. The van der Waals surface area contributed by atoms with Gasteiger partial charge in [-0.25, -0.2) is 15.0 Å². The summed E-state index contributed by atoms with van der Waals surface area (Å²) in [6, 6.07) is 7.57. The topological polar surface area (TPSA) is 115 Å². The molecule has 1 fully saturated rings. The highest BCUT2D eigenvalue weighted by Crippen LogP contribution is 2.27. The third kappa shape index (κ3) is 6.70. The van der Waals surface area contributed by atoms with Crippen molar-refractivity contribution in [1.29, 1.82) is 0 Å². The van der Waals surface area contributed by atoms with Gasteiger partial charge in [0.05, 0.1) is 23.1 Å². The molecule has 1 aliphatic rings. The van der Waals surface area contributed by atoms with Crippen molar-refractivity contribution in [3.63, 3.8) is 0 Å². The van der Waals surface area contributed by atoms with Crippen LogP contribution in [0.25, 0.3) is 22.2 Å². The highest BCUT2D eigenvalue weighted by atomic mass is 16.1. The van der Waals surface area contributed by atoms with E-state index in [0.717, 1.165) is 48.6 Å². The molecule has 5 rings (SSSR count). The number of hydrogen-bond donors (Lipinski definition) is 2. The van der Waals surface area contributed by atoms with Gasteiger partial charge in [-0.15, -0.1) is 0 Å². The van der Waals surface area contributed by atoms with Gasteiger partial charge in [0.25, 0.3) is 0 Å². The van der Waals surface area contributed by atoms with Gasteiger partial charge >= 0.3 is 0 Å². The Kier molecular flexibility index (Phi) is 7.99. The summed E-state index contributed by atoms with van der Waals surface area (Å²) >= 11 is 0. The van der Waals surface area contributed by atoms with E-state index in [4.69, 9.17) is 4.98 Å². The molecule has 0 bridgehead atoms. The predicted octanol–water partition coefficient (Wildman–Crippen LogP) is 3.03. The smallest absolute Gasteiger partial charge is 0.248 e. The third-order valence-electron chi connectivity index (χ3n) is 6.36. The summed E-state index contributed by atoms with van der Waals surface area (Å²) in [6.45, 7) is 4.67. The maximum atomic E-state index is 12.3. The van der Waals surface area contributed by atoms with E-state index in [9.17, 15) is 4.79 Å². The minimum Gasteiger partial charge on any atom is -0.354 e. The molecule has 0 aromatic carbocycles. The molecule has 5 heterocycles. The molecule has 0 aliphatic carbocycles. The van der Waals surface area contributed by atoms with Crippen LogP contribution >= 0.6 is 0 Å². The SMILES string of the molecule is CN(C)C/C=C/C(=O)Nc1ccnc(-c2cncc3cnc(Nc4ccc(N5CCN(C)CC5)nc4)nc23)c1. The van der Waals surface area contributed by atoms with Gasteiger partial charge < -0.3 is 25.3 Å². The number of piperazine rings is 1. The number of fused-ring (bicyclic) bond motifs is 1. The molecule has 1 aliphatic heterocycles. The van der Waals surface area contributed by atoms with E-state index >= 15 is 0 Å². The van der Waals surface area contributed by atoms with E-state index in [0.29, 0.717) is 29.4 Å². The van der Waals surface area contributed by atoms with Crippen molar-refractivity contribution in [3.05, 3.63) is 67.4 Å². The highest BCUT2D eigenvalue weighted by Gasteiger charge is 2.15. The fraction of sp³-hybridized carbons (Fsp3) is 0.286. The molecule has 0 atom stereocenters. The Balaban J connectivity index is 1.34. The maximum Gasteiger partial charge on any atom is 0.248 e. The molecular formula is C28H32N10O. The average Bonchev–Trinajstić information content (AvgIpc) is 2.93. The van der Waals surface area contributed by atoms with Crippen molar-refractivity contribution in [2.75, 3.05) is 69.4 Å². The van der Waals surface area contributed by atoms with E-state index in [-0.39, 0.29) is 5.91 Å². The first-order chi connectivity index (χ1) is 18.9. The largest absolute Gasteiger partial charge is 0.354 e. The zero-order chi connectivity index (χ0) is 27.2. The van der Waals surface area contributed by atoms with Crippen LogP contribution in [0.5, 0.6) is 0 Å². The number of pyridine rings is 3. The quantitative estimate of drug-likeness (QED) is 0.333. The van der Waals surface area contributed by atoms with E-state index < -0.39 is 0 Å². The van der Waals surface area contributed by atoms with Crippen LogP contribution in [0.1, 0.15) is 0 Å². The number of carbonyl (C=O) groups excluding carboxylic acids is 1. The molecule has 1 amide bonds. The van der Waals surface area contributed by atoms with Gasteiger partial charge in [-0.05, 0) is 45.4 Å². The second kappa shape index (κ2) is 11.9. The van der Waals surface area contributed by atoms with E-state index in [1.165, 1.54) is 6.08 Å². The number of rotatable bonds is 8. The number of likely N-dealkylation sites (N-methyl/N-ethyl adjacent to an activating group) is 2. The lowest BCUT2D eigenvalue weighted by Crippen LogP contribution is -2.44. The number of amides is 1. The molecule has 0 spiro atoms. The van der Waals surface area contributed by atoms with Crippen molar-refractivity contribution in [3.8, 4) is 11.3 Å². The summed E-state index contributed by atoms with van der Waals surface area (Å²) in [5, 5.41) is 6.92. The standard InChI is InChI=1S/C28H32N10O/c1-36(2)10-4-5-26(39)33-21-8-9-30-24(15-21)23-19-29-16-20-17-32-28(35-27(20)23)34-22-6-7-25(31-18-22)38-13-11-37(3)12-14-38/h4-9,15-19H,10-14H2,1-3H3,(H,30,33,39)(H,32,34,35)/b5-4+. The van der Waals surface area contributed by atoms with Crippen LogP contribution in [0.15, 0.2) is 67.4 Å². The van der Waals surface area contributed by atoms with Gasteiger partial charge in [0.15, 0.2) is 0 Å². The van der Waals surface area contributed by atoms with Crippen molar-refractivity contribution in [2.45, 2.75) is 0 Å². The minimum absolute atomic E-state index is 0.203. The van der Waals surface area contributed by atoms with Gasteiger partial charge in [0, 0.05) is 80.2 Å². The molecule has 4 aromatic heterocycles. The average molecular weight is 525 g/mol. The first-order valence-corrected chi connectivity index (χ1v) is 12.8. The van der Waals surface area contributed by atoms with Gasteiger partial charge in [0.1, 0.15) is 5.82 Å². The summed E-state index contributed by atoms with van der Waals surface area (Å²) in [7, 11) is 6.03. The lowest BCUT2D eigenvalue weighted by Gasteiger charge is -2.33. The number of nitrogens with one attached hydrogen (secondary N) is 2. The van der Waals surface area contributed by atoms with Crippen LogP contribution in [-0.4, -0.2) is 94.5 Å². The van der Waals surface area contributed by atoms with Crippen LogP contribution in [0.3, 0.4) is 0 Å². The van der Waals surface area contributed by atoms with Crippen molar-refractivity contribution >= 4 is 40.0 Å². The van der Waals surface area contributed by atoms with Crippen LogP contribution in [0.4, 0.5) is 23.1 Å². The van der Waals surface area contributed by atoms with Gasteiger partial charge in [-0.2, -0.15) is 0 Å².